The summed E-state index contributed by atoms with van der Waals surface area (Å²) in [5.74, 6) is 0. The average Bonchev–Trinajstić information content (AvgIpc) is 3.86. The van der Waals surface area contributed by atoms with Crippen LogP contribution in [0.1, 0.15) is 38.9 Å². The summed E-state index contributed by atoms with van der Waals surface area (Å²) in [7, 11) is 0. The van der Waals surface area contributed by atoms with Crippen LogP contribution in [0.5, 0.6) is 0 Å². The standard InChI is InChI=1S/C55H25F15N4/c56-51(57,58)32-12-15-34(43(24-32)54(65,66)67)29-10-17-47-39(20-29)37-5-1-3-7-45(37)73(47)49-22-31(36-14-9-28(26-71)19-42(36)53(62,63)64)23-50(41(49)27-72)74-46-8-4-2-6-38(46)40-21-30(11-18-48(40)74)35-16-13-33(52(59,60)61)25-44(35)55(68,69)70/h1-25H. The Labute approximate surface area is 406 Å². The third kappa shape index (κ3) is 8.27. The topological polar surface area (TPSA) is 57.4 Å². The molecule has 0 unspecified atom stereocenters. The van der Waals surface area contributed by atoms with Gasteiger partial charge in [-0.2, -0.15) is 76.4 Å². The molecule has 2 aromatic heterocycles. The highest BCUT2D eigenvalue weighted by Crippen LogP contribution is 2.48. The van der Waals surface area contributed by atoms with Gasteiger partial charge >= 0.3 is 30.9 Å². The Morgan fingerprint density at radius 3 is 1.09 bits per heavy atom. The predicted molar refractivity (Wildman–Crippen MR) is 246 cm³/mol. The number of nitrogens with zero attached hydrogens (tertiary/aromatic N) is 4. The maximum atomic E-state index is 15.1. The molecular formula is C55H25F15N4. The van der Waals surface area contributed by atoms with E-state index in [1.165, 1.54) is 57.7 Å². The van der Waals surface area contributed by atoms with Gasteiger partial charge in [-0.1, -0.05) is 66.7 Å². The fraction of sp³-hybridized carbons (Fsp3) is 0.0909. The van der Waals surface area contributed by atoms with Gasteiger partial charge in [0.05, 0.1) is 72.9 Å². The molecule has 0 spiro atoms. The summed E-state index contributed by atoms with van der Waals surface area (Å²) in [6.45, 7) is 0. The maximum absolute atomic E-state index is 15.1. The van der Waals surface area contributed by atoms with Gasteiger partial charge in [-0.15, -0.1) is 0 Å². The smallest absolute Gasteiger partial charge is 0.308 e. The first-order valence-electron chi connectivity index (χ1n) is 21.6. The Hall–Kier alpha value is -8.71. The van der Waals surface area contributed by atoms with E-state index in [9.17, 15) is 63.2 Å². The zero-order chi connectivity index (χ0) is 53.0. The van der Waals surface area contributed by atoms with Crippen LogP contribution in [-0.4, -0.2) is 9.13 Å². The van der Waals surface area contributed by atoms with Crippen molar-refractivity contribution in [2.75, 3.05) is 0 Å². The van der Waals surface area contributed by atoms with E-state index >= 15 is 13.2 Å². The van der Waals surface area contributed by atoms with Crippen molar-refractivity contribution in [1.29, 1.82) is 10.5 Å². The van der Waals surface area contributed by atoms with E-state index in [0.29, 0.717) is 41.1 Å². The van der Waals surface area contributed by atoms with Gasteiger partial charge in [-0.3, -0.25) is 0 Å². The van der Waals surface area contributed by atoms with Crippen molar-refractivity contribution in [3.8, 4) is 56.9 Å². The number of rotatable bonds is 5. The van der Waals surface area contributed by atoms with Crippen LogP contribution in [-0.2, 0) is 30.9 Å². The lowest BCUT2D eigenvalue weighted by Crippen LogP contribution is -2.12. The van der Waals surface area contributed by atoms with E-state index in [-0.39, 0.29) is 84.2 Å². The van der Waals surface area contributed by atoms with E-state index < -0.39 is 75.4 Å². The molecule has 0 radical (unpaired) electrons. The van der Waals surface area contributed by atoms with Crippen LogP contribution < -0.4 is 0 Å². The molecule has 0 N–H and O–H groups in total. The second-order valence-electron chi connectivity index (χ2n) is 17.1. The van der Waals surface area contributed by atoms with Crippen LogP contribution >= 0.6 is 0 Å². The summed E-state index contributed by atoms with van der Waals surface area (Å²) in [5, 5.41) is 22.0. The molecule has 0 saturated heterocycles. The molecule has 0 bridgehead atoms. The van der Waals surface area contributed by atoms with E-state index in [1.807, 2.05) is 0 Å². The zero-order valence-corrected chi connectivity index (χ0v) is 36.9. The molecule has 0 saturated carbocycles. The Morgan fingerprint density at radius 2 is 0.703 bits per heavy atom. The molecule has 19 heteroatoms. The summed E-state index contributed by atoms with van der Waals surface area (Å²) in [4.78, 5) is 0. The summed E-state index contributed by atoms with van der Waals surface area (Å²) in [6.07, 6.45) is -25.8. The lowest BCUT2D eigenvalue weighted by molar-refractivity contribution is -0.144. The highest BCUT2D eigenvalue weighted by Gasteiger charge is 2.41. The number of para-hydroxylation sites is 2. The monoisotopic (exact) mass is 1030 g/mol. The van der Waals surface area contributed by atoms with Gasteiger partial charge < -0.3 is 9.13 Å². The molecule has 0 aliphatic carbocycles. The van der Waals surface area contributed by atoms with Crippen molar-refractivity contribution >= 4 is 43.6 Å². The van der Waals surface area contributed by atoms with Gasteiger partial charge in [-0.25, -0.2) is 0 Å². The molecule has 0 aliphatic heterocycles. The molecular weight excluding hydrogens is 1000 g/mol. The van der Waals surface area contributed by atoms with Gasteiger partial charge in [0.1, 0.15) is 11.6 Å². The van der Waals surface area contributed by atoms with E-state index in [1.54, 1.807) is 54.6 Å². The fourth-order valence-electron chi connectivity index (χ4n) is 9.55. The molecule has 370 valence electrons. The molecule has 0 amide bonds. The molecule has 2 heterocycles. The third-order valence-corrected chi connectivity index (χ3v) is 12.7. The third-order valence-electron chi connectivity index (χ3n) is 12.7. The van der Waals surface area contributed by atoms with E-state index in [4.69, 9.17) is 0 Å². The Balaban J connectivity index is 1.29. The van der Waals surface area contributed by atoms with Crippen LogP contribution in [0.25, 0.3) is 88.4 Å². The van der Waals surface area contributed by atoms with Crippen LogP contribution in [0.3, 0.4) is 0 Å². The highest BCUT2D eigenvalue weighted by molar-refractivity contribution is 6.12. The van der Waals surface area contributed by atoms with Crippen LogP contribution in [0.4, 0.5) is 65.9 Å². The first-order chi connectivity index (χ1) is 34.8. The average molecular weight is 1030 g/mol. The minimum Gasteiger partial charge on any atom is -0.308 e. The number of hydrogen-bond donors (Lipinski definition) is 0. The van der Waals surface area contributed by atoms with Gasteiger partial charge in [0.2, 0.25) is 0 Å². The predicted octanol–water partition coefficient (Wildman–Crippen LogP) is 17.7. The largest absolute Gasteiger partial charge is 0.417 e. The van der Waals surface area contributed by atoms with E-state index in [0.717, 1.165) is 12.1 Å². The summed E-state index contributed by atoms with van der Waals surface area (Å²) in [6, 6.07) is 31.9. The number of hydrogen-bond acceptors (Lipinski definition) is 2. The minimum atomic E-state index is -5.25. The lowest BCUT2D eigenvalue weighted by Gasteiger charge is -2.20. The number of benzene rings is 8. The molecule has 4 nitrogen and oxygen atoms in total. The normalized spacial score (nSPS) is 12.8. The Kier molecular flexibility index (Phi) is 11.2. The molecule has 0 atom stereocenters. The van der Waals surface area contributed by atoms with Crippen LogP contribution in [0, 0.1) is 22.7 Å². The summed E-state index contributed by atoms with van der Waals surface area (Å²) < 4.78 is 217. The van der Waals surface area contributed by atoms with Gasteiger partial charge in [0.25, 0.3) is 0 Å². The van der Waals surface area contributed by atoms with Crippen molar-refractivity contribution in [2.45, 2.75) is 30.9 Å². The van der Waals surface area contributed by atoms with Crippen molar-refractivity contribution in [3.63, 3.8) is 0 Å². The minimum absolute atomic E-state index is 0.00262. The van der Waals surface area contributed by atoms with Gasteiger partial charge in [0, 0.05) is 21.5 Å². The van der Waals surface area contributed by atoms with Crippen LogP contribution in [0.2, 0.25) is 0 Å². The SMILES string of the molecule is N#Cc1ccc(-c2cc(-n3c4ccccc4c4cc(-c5ccc(C(F)(F)F)cc5C(F)(F)F)ccc43)c(C#N)c(-n3c4ccccc4c4cc(-c5ccc(C(F)(F)F)cc5C(F)(F)F)ccc43)c2)c(C(F)(F)F)c1. The van der Waals surface area contributed by atoms with E-state index in [2.05, 4.69) is 6.07 Å². The van der Waals surface area contributed by atoms with Crippen molar-refractivity contribution in [1.82, 2.24) is 9.13 Å². The number of fused-ring (bicyclic) bond motifs is 6. The summed E-state index contributed by atoms with van der Waals surface area (Å²) in [5.41, 5.74) is -9.57. The second kappa shape index (κ2) is 16.9. The number of aromatic nitrogens is 2. The molecule has 8 aromatic carbocycles. The molecule has 0 aliphatic rings. The quantitative estimate of drug-likeness (QED) is 0.161. The summed E-state index contributed by atoms with van der Waals surface area (Å²) >= 11 is 0. The Morgan fingerprint density at radius 1 is 0.324 bits per heavy atom. The Bertz CT molecular complexity index is 3820. The fourth-order valence-corrected chi connectivity index (χ4v) is 9.55. The number of halogens is 15. The lowest BCUT2D eigenvalue weighted by atomic mass is 9.94. The van der Waals surface area contributed by atoms with Crippen molar-refractivity contribution < 1.29 is 65.9 Å². The molecule has 10 aromatic rings. The van der Waals surface area contributed by atoms with Crippen molar-refractivity contribution in [3.05, 3.63) is 191 Å². The molecule has 10 rings (SSSR count). The van der Waals surface area contributed by atoms with Gasteiger partial charge in [-0.05, 0) is 118 Å². The number of nitriles is 2. The maximum Gasteiger partial charge on any atom is 0.417 e. The van der Waals surface area contributed by atoms with Crippen LogP contribution in [0.15, 0.2) is 152 Å². The first kappa shape index (κ1) is 48.9. The zero-order valence-electron chi connectivity index (χ0n) is 36.9. The number of alkyl halides is 15. The second-order valence-corrected chi connectivity index (χ2v) is 17.1. The van der Waals surface area contributed by atoms with Crippen molar-refractivity contribution in [2.24, 2.45) is 0 Å². The first-order valence-corrected chi connectivity index (χ1v) is 21.6. The highest BCUT2D eigenvalue weighted by atomic mass is 19.4. The molecule has 74 heavy (non-hydrogen) atoms. The van der Waals surface area contributed by atoms with Gasteiger partial charge in [0.15, 0.2) is 0 Å². The molecule has 0 fully saturated rings.